The highest BCUT2D eigenvalue weighted by atomic mass is 16.5. The van der Waals surface area contributed by atoms with Crippen molar-refractivity contribution in [3.05, 3.63) is 107 Å². The highest BCUT2D eigenvalue weighted by molar-refractivity contribution is 5.79. The summed E-state index contributed by atoms with van der Waals surface area (Å²) in [5.74, 6) is -0.749. The van der Waals surface area contributed by atoms with E-state index in [1.54, 1.807) is 42.5 Å². The molecule has 0 saturated carbocycles. The van der Waals surface area contributed by atoms with Gasteiger partial charge in [-0.25, -0.2) is 0 Å². The van der Waals surface area contributed by atoms with Crippen LogP contribution in [0.15, 0.2) is 84.9 Å². The number of hydrogen-bond acceptors (Lipinski definition) is 9. The Kier molecular flexibility index (Phi) is 11.5. The van der Waals surface area contributed by atoms with Crippen molar-refractivity contribution in [2.24, 2.45) is 5.73 Å². The number of ketones is 1. The molecule has 0 aromatic heterocycles. The molecule has 232 valence electrons. The number of carbonyl (C=O) groups is 1. The van der Waals surface area contributed by atoms with E-state index in [1.807, 2.05) is 30.3 Å². The van der Waals surface area contributed by atoms with Gasteiger partial charge >= 0.3 is 0 Å². The largest absolute Gasteiger partial charge is 0.508 e. The Labute approximate surface area is 256 Å². The highest BCUT2D eigenvalue weighted by Gasteiger charge is 2.22. The van der Waals surface area contributed by atoms with E-state index in [9.17, 15) is 30.3 Å². The van der Waals surface area contributed by atoms with Gasteiger partial charge in [-0.3, -0.25) is 10.5 Å². The predicted molar refractivity (Wildman–Crippen MR) is 166 cm³/mol. The van der Waals surface area contributed by atoms with E-state index < -0.39 is 11.9 Å². The van der Waals surface area contributed by atoms with Gasteiger partial charge in [0.1, 0.15) is 24.9 Å². The molecule has 0 heterocycles. The molecule has 0 unspecified atom stereocenters. The third-order valence-electron chi connectivity index (χ3n) is 7.45. The zero-order chi connectivity index (χ0) is 31.5. The van der Waals surface area contributed by atoms with Crippen molar-refractivity contribution < 1.29 is 39.8 Å². The van der Waals surface area contributed by atoms with Crippen LogP contribution >= 0.6 is 0 Å². The Morgan fingerprint density at radius 2 is 1.52 bits per heavy atom. The van der Waals surface area contributed by atoms with Crippen molar-refractivity contribution in [3.8, 4) is 34.5 Å². The maximum atomic E-state index is 12.8. The maximum absolute atomic E-state index is 12.8. The summed E-state index contributed by atoms with van der Waals surface area (Å²) in [7, 11) is 0. The number of rotatable bonds is 16. The molecule has 9 heteroatoms. The van der Waals surface area contributed by atoms with Crippen LogP contribution in [0.3, 0.4) is 0 Å². The van der Waals surface area contributed by atoms with Gasteiger partial charge in [0.2, 0.25) is 5.75 Å². The summed E-state index contributed by atoms with van der Waals surface area (Å²) in [6, 6.07) is 24.4. The van der Waals surface area contributed by atoms with Crippen molar-refractivity contribution in [2.45, 2.75) is 57.2 Å². The van der Waals surface area contributed by atoms with Crippen molar-refractivity contribution in [1.29, 1.82) is 0 Å². The molecule has 7 N–H and O–H groups in total. The second kappa shape index (κ2) is 15.7. The van der Waals surface area contributed by atoms with Gasteiger partial charge in [0.25, 0.3) is 0 Å². The molecule has 0 aliphatic carbocycles. The lowest BCUT2D eigenvalue weighted by Crippen LogP contribution is -2.18. The van der Waals surface area contributed by atoms with Crippen LogP contribution in [0.4, 0.5) is 0 Å². The second-order valence-corrected chi connectivity index (χ2v) is 10.8. The topological polar surface area (TPSA) is 163 Å². The molecule has 0 spiro atoms. The Morgan fingerprint density at radius 3 is 2.27 bits per heavy atom. The SMILES string of the molecule is NCOc1cc(CCC(=O)C[C@H](O)C[C@H](CCc2ccccc2)c2cc(O)c(O)c(OCc3cccc(O)c3)c2)ccc1O. The number of phenolic OH excluding ortho intramolecular Hbond substituents is 4. The summed E-state index contributed by atoms with van der Waals surface area (Å²) < 4.78 is 11.0. The molecule has 2 atom stereocenters. The Balaban J connectivity index is 1.45. The summed E-state index contributed by atoms with van der Waals surface area (Å²) in [5, 5.41) is 51.7. The predicted octanol–water partition coefficient (Wildman–Crippen LogP) is 5.44. The lowest BCUT2D eigenvalue weighted by molar-refractivity contribution is -0.121. The van der Waals surface area contributed by atoms with Gasteiger partial charge < -0.3 is 35.0 Å². The third kappa shape index (κ3) is 9.39. The monoisotopic (exact) mass is 601 g/mol. The molecule has 0 amide bonds. The fourth-order valence-corrected chi connectivity index (χ4v) is 5.15. The summed E-state index contributed by atoms with van der Waals surface area (Å²) in [6.07, 6.45) is 1.19. The maximum Gasteiger partial charge on any atom is 0.200 e. The van der Waals surface area contributed by atoms with Crippen LogP contribution in [-0.4, -0.2) is 44.2 Å². The van der Waals surface area contributed by atoms with Gasteiger partial charge in [-0.15, -0.1) is 0 Å². The number of benzene rings is 4. The Hall–Kier alpha value is -4.73. The molecule has 0 fully saturated rings. The van der Waals surface area contributed by atoms with Crippen LogP contribution in [0.1, 0.15) is 53.9 Å². The number of aliphatic hydroxyl groups is 1. The number of ether oxygens (including phenoxy) is 2. The summed E-state index contributed by atoms with van der Waals surface area (Å²) in [6.45, 7) is -0.0326. The molecule has 4 aromatic carbocycles. The highest BCUT2D eigenvalue weighted by Crippen LogP contribution is 2.41. The number of hydrogen-bond donors (Lipinski definition) is 6. The van der Waals surface area contributed by atoms with Crippen LogP contribution < -0.4 is 15.2 Å². The van der Waals surface area contributed by atoms with E-state index in [-0.39, 0.29) is 73.0 Å². The number of aromatic hydroxyl groups is 4. The standard InChI is InChI=1S/C35H39NO8/c36-22-44-33-16-24(11-14-31(33)40)10-13-29(38)20-30(39)17-26(12-9-23-5-2-1-3-6-23)27-18-32(41)35(42)34(19-27)43-21-25-7-4-8-28(37)15-25/h1-8,11,14-16,18-19,26,30,37,39-42H,9-10,12-13,17,20-22,36H2/t26-,30+/m0/s1. The molecule has 4 rings (SSSR count). The van der Waals surface area contributed by atoms with Gasteiger partial charge in [-0.2, -0.15) is 0 Å². The van der Waals surface area contributed by atoms with E-state index in [1.165, 1.54) is 12.1 Å². The van der Waals surface area contributed by atoms with E-state index in [0.29, 0.717) is 30.4 Å². The van der Waals surface area contributed by atoms with Gasteiger partial charge in [-0.1, -0.05) is 48.5 Å². The van der Waals surface area contributed by atoms with Crippen LogP contribution in [0, 0.1) is 0 Å². The Morgan fingerprint density at radius 1 is 0.750 bits per heavy atom. The molecule has 0 saturated heterocycles. The zero-order valence-electron chi connectivity index (χ0n) is 24.4. The molecule has 0 bridgehead atoms. The molecule has 4 aromatic rings. The quantitative estimate of drug-likeness (QED) is 0.0725. The number of aliphatic hydroxyl groups excluding tert-OH is 1. The number of Topliss-reactive ketones (excluding diaryl/α,β-unsaturated/α-hetero) is 1. The fourth-order valence-electron chi connectivity index (χ4n) is 5.15. The minimum absolute atomic E-state index is 0.0318. The van der Waals surface area contributed by atoms with Gasteiger partial charge in [0.15, 0.2) is 23.0 Å². The first-order valence-electron chi connectivity index (χ1n) is 14.6. The number of nitrogens with two attached hydrogens (primary N) is 1. The lowest BCUT2D eigenvalue weighted by atomic mass is 9.86. The summed E-state index contributed by atoms with van der Waals surface area (Å²) in [5.41, 5.74) is 8.65. The van der Waals surface area contributed by atoms with Crippen LogP contribution in [0.2, 0.25) is 0 Å². The van der Waals surface area contributed by atoms with Crippen LogP contribution in [0.25, 0.3) is 0 Å². The molecule has 0 radical (unpaired) electrons. The first kappa shape index (κ1) is 32.2. The minimum Gasteiger partial charge on any atom is -0.508 e. The molecular weight excluding hydrogens is 562 g/mol. The third-order valence-corrected chi connectivity index (χ3v) is 7.45. The van der Waals surface area contributed by atoms with E-state index >= 15 is 0 Å². The molecule has 0 aliphatic heterocycles. The van der Waals surface area contributed by atoms with Crippen LogP contribution in [0.5, 0.6) is 34.5 Å². The smallest absolute Gasteiger partial charge is 0.200 e. The first-order chi connectivity index (χ1) is 21.2. The first-order valence-corrected chi connectivity index (χ1v) is 14.6. The molecular formula is C35H39NO8. The number of aryl methyl sites for hydroxylation is 2. The summed E-state index contributed by atoms with van der Waals surface area (Å²) >= 11 is 0. The van der Waals surface area contributed by atoms with Crippen molar-refractivity contribution in [2.75, 3.05) is 6.73 Å². The summed E-state index contributed by atoms with van der Waals surface area (Å²) in [4.78, 5) is 12.8. The zero-order valence-corrected chi connectivity index (χ0v) is 24.4. The normalized spacial score (nSPS) is 12.4. The fraction of sp³-hybridized carbons (Fsp3) is 0.286. The van der Waals surface area contributed by atoms with E-state index in [4.69, 9.17) is 15.2 Å². The Bertz CT molecular complexity index is 1520. The van der Waals surface area contributed by atoms with E-state index in [0.717, 1.165) is 11.1 Å². The average molecular weight is 602 g/mol. The van der Waals surface area contributed by atoms with Crippen molar-refractivity contribution in [1.82, 2.24) is 0 Å². The van der Waals surface area contributed by atoms with Gasteiger partial charge in [0, 0.05) is 12.8 Å². The van der Waals surface area contributed by atoms with Crippen LogP contribution in [-0.2, 0) is 24.2 Å². The van der Waals surface area contributed by atoms with Crippen molar-refractivity contribution in [3.63, 3.8) is 0 Å². The van der Waals surface area contributed by atoms with Crippen molar-refractivity contribution >= 4 is 5.78 Å². The second-order valence-electron chi connectivity index (χ2n) is 10.8. The lowest BCUT2D eigenvalue weighted by Gasteiger charge is -2.22. The minimum atomic E-state index is -0.938. The number of carbonyl (C=O) groups excluding carboxylic acids is 1. The molecule has 9 nitrogen and oxygen atoms in total. The average Bonchev–Trinajstić information content (AvgIpc) is 3.01. The molecule has 0 aliphatic rings. The van der Waals surface area contributed by atoms with E-state index in [2.05, 4.69) is 0 Å². The van der Waals surface area contributed by atoms with Gasteiger partial charge in [0.05, 0.1) is 6.10 Å². The molecule has 44 heavy (non-hydrogen) atoms. The number of phenols is 4. The van der Waals surface area contributed by atoms with Gasteiger partial charge in [-0.05, 0) is 90.3 Å².